The minimum Gasteiger partial charge on any atom is -0.467 e. The average molecular weight is 187 g/mol. The lowest BCUT2D eigenvalue weighted by Gasteiger charge is -2.05. The van der Waals surface area contributed by atoms with Crippen molar-refractivity contribution in [1.29, 1.82) is 0 Å². The van der Waals surface area contributed by atoms with Gasteiger partial charge in [-0.05, 0) is 12.1 Å². The molecule has 4 heteroatoms. The Morgan fingerprint density at radius 1 is 1.58 bits per heavy atom. The number of rotatable bonds is 3. The lowest BCUT2D eigenvalue weighted by Crippen LogP contribution is -1.98. The maximum absolute atomic E-state index is 10.5. The van der Waals surface area contributed by atoms with Gasteiger partial charge >= 0.3 is 0 Å². The highest BCUT2D eigenvalue weighted by Gasteiger charge is 2.05. The van der Waals surface area contributed by atoms with Gasteiger partial charge in [0.25, 0.3) is 0 Å². The molecule has 1 N–H and O–H groups in total. The fourth-order valence-corrected chi connectivity index (χ4v) is 1.04. The van der Waals surface area contributed by atoms with E-state index in [0.29, 0.717) is 17.1 Å². The molecule has 0 unspecified atom stereocenters. The maximum Gasteiger partial charge on any atom is 0.186 e. The molecule has 1 rings (SSSR count). The molecule has 3 nitrogen and oxygen atoms in total. The number of benzene rings is 1. The highest BCUT2D eigenvalue weighted by molar-refractivity contribution is 6.33. The summed E-state index contributed by atoms with van der Waals surface area (Å²) >= 11 is 5.67. The van der Waals surface area contributed by atoms with Crippen LogP contribution in [0.1, 0.15) is 10.4 Å². The summed E-state index contributed by atoms with van der Waals surface area (Å²) in [5.41, 5.74) is 0.258. The van der Waals surface area contributed by atoms with Gasteiger partial charge in [-0.2, -0.15) is 0 Å². The molecule has 0 radical (unpaired) electrons. The summed E-state index contributed by atoms with van der Waals surface area (Å²) in [5.74, 6) is 0.292. The van der Waals surface area contributed by atoms with Gasteiger partial charge in [-0.15, -0.1) is 0 Å². The molecular formula is C8H7ClO3. The topological polar surface area (TPSA) is 46.5 Å². The third-order valence-electron chi connectivity index (χ3n) is 1.35. The molecule has 0 saturated carbocycles. The molecule has 0 saturated heterocycles. The van der Waals surface area contributed by atoms with Crippen LogP contribution in [-0.4, -0.2) is 18.2 Å². The van der Waals surface area contributed by atoms with Crippen LogP contribution in [0.25, 0.3) is 0 Å². The SMILES string of the molecule is O=Cc1c(Cl)cccc1OCO. The molecule has 12 heavy (non-hydrogen) atoms. The van der Waals surface area contributed by atoms with Crippen molar-refractivity contribution >= 4 is 17.9 Å². The summed E-state index contributed by atoms with van der Waals surface area (Å²) in [7, 11) is 0. The first kappa shape index (κ1) is 9.03. The summed E-state index contributed by atoms with van der Waals surface area (Å²) < 4.78 is 4.75. The van der Waals surface area contributed by atoms with Crippen molar-refractivity contribution in [3.8, 4) is 5.75 Å². The Morgan fingerprint density at radius 2 is 2.33 bits per heavy atom. The van der Waals surface area contributed by atoms with Crippen LogP contribution in [0, 0.1) is 0 Å². The predicted octanol–water partition coefficient (Wildman–Crippen LogP) is 1.48. The van der Waals surface area contributed by atoms with E-state index in [0.717, 1.165) is 0 Å². The molecule has 1 aromatic carbocycles. The smallest absolute Gasteiger partial charge is 0.186 e. The van der Waals surface area contributed by atoms with Crippen LogP contribution in [0.2, 0.25) is 5.02 Å². The number of carbonyl (C=O) groups is 1. The van der Waals surface area contributed by atoms with Crippen LogP contribution in [-0.2, 0) is 0 Å². The second-order valence-electron chi connectivity index (χ2n) is 2.04. The number of aliphatic hydroxyl groups is 1. The van der Waals surface area contributed by atoms with Crippen molar-refractivity contribution in [2.75, 3.05) is 6.79 Å². The number of aliphatic hydroxyl groups excluding tert-OH is 1. The van der Waals surface area contributed by atoms with Gasteiger partial charge in [0.1, 0.15) is 5.75 Å². The van der Waals surface area contributed by atoms with Gasteiger partial charge < -0.3 is 9.84 Å². The van der Waals surface area contributed by atoms with E-state index in [1.165, 1.54) is 0 Å². The van der Waals surface area contributed by atoms with E-state index in [-0.39, 0.29) is 5.56 Å². The molecule has 0 heterocycles. The molecule has 0 bridgehead atoms. The van der Waals surface area contributed by atoms with Gasteiger partial charge in [0, 0.05) is 0 Å². The van der Waals surface area contributed by atoms with Gasteiger partial charge in [0.15, 0.2) is 13.1 Å². The molecule has 0 aromatic heterocycles. The Labute approximate surface area is 74.5 Å². The Balaban J connectivity index is 3.09. The monoisotopic (exact) mass is 186 g/mol. The minimum atomic E-state index is -0.471. The normalized spacial score (nSPS) is 9.50. The molecule has 1 aromatic rings. The molecule has 0 atom stereocenters. The Bertz CT molecular complexity index is 286. The van der Waals surface area contributed by atoms with E-state index in [9.17, 15) is 4.79 Å². The minimum absolute atomic E-state index is 0.258. The van der Waals surface area contributed by atoms with Crippen molar-refractivity contribution in [2.24, 2.45) is 0 Å². The molecule has 0 aliphatic carbocycles. The van der Waals surface area contributed by atoms with Crippen LogP contribution in [0.3, 0.4) is 0 Å². The molecule has 0 aliphatic rings. The van der Waals surface area contributed by atoms with Crippen molar-refractivity contribution in [1.82, 2.24) is 0 Å². The number of hydrogen-bond acceptors (Lipinski definition) is 3. The largest absolute Gasteiger partial charge is 0.467 e. The fraction of sp³-hybridized carbons (Fsp3) is 0.125. The van der Waals surface area contributed by atoms with Gasteiger partial charge in [-0.1, -0.05) is 17.7 Å². The van der Waals surface area contributed by atoms with Crippen LogP contribution in [0.5, 0.6) is 5.75 Å². The van der Waals surface area contributed by atoms with Crippen molar-refractivity contribution < 1.29 is 14.6 Å². The average Bonchev–Trinajstić information content (AvgIpc) is 2.05. The molecular weight excluding hydrogens is 180 g/mol. The fourth-order valence-electron chi connectivity index (χ4n) is 0.827. The van der Waals surface area contributed by atoms with Crippen LogP contribution in [0.15, 0.2) is 18.2 Å². The zero-order valence-electron chi connectivity index (χ0n) is 6.16. The van der Waals surface area contributed by atoms with Crippen LogP contribution >= 0.6 is 11.6 Å². The lowest BCUT2D eigenvalue weighted by molar-refractivity contribution is 0.0959. The second kappa shape index (κ2) is 4.09. The Morgan fingerprint density at radius 3 is 2.92 bits per heavy atom. The van der Waals surface area contributed by atoms with Gasteiger partial charge in [0.2, 0.25) is 0 Å². The first-order chi connectivity index (χ1) is 5.79. The van der Waals surface area contributed by atoms with Gasteiger partial charge in [-0.3, -0.25) is 4.79 Å². The summed E-state index contributed by atoms with van der Waals surface area (Å²) in [4.78, 5) is 10.5. The lowest BCUT2D eigenvalue weighted by atomic mass is 10.2. The Kier molecular flexibility index (Phi) is 3.08. The third kappa shape index (κ3) is 1.75. The van der Waals surface area contributed by atoms with E-state index in [1.807, 2.05) is 0 Å². The molecule has 0 amide bonds. The number of ether oxygens (including phenoxy) is 1. The van der Waals surface area contributed by atoms with Crippen molar-refractivity contribution in [3.63, 3.8) is 0 Å². The summed E-state index contributed by atoms with van der Waals surface area (Å²) in [6.07, 6.45) is 0.591. The quantitative estimate of drug-likeness (QED) is 0.575. The van der Waals surface area contributed by atoms with Crippen molar-refractivity contribution in [2.45, 2.75) is 0 Å². The number of carbonyl (C=O) groups excluding carboxylic acids is 1. The predicted molar refractivity (Wildman–Crippen MR) is 44.6 cm³/mol. The van der Waals surface area contributed by atoms with E-state index >= 15 is 0 Å². The molecule has 64 valence electrons. The maximum atomic E-state index is 10.5. The number of hydrogen-bond donors (Lipinski definition) is 1. The summed E-state index contributed by atoms with van der Waals surface area (Å²) in [5, 5.41) is 8.77. The number of aldehydes is 1. The van der Waals surface area contributed by atoms with E-state index in [1.54, 1.807) is 18.2 Å². The van der Waals surface area contributed by atoms with E-state index in [2.05, 4.69) is 0 Å². The van der Waals surface area contributed by atoms with Crippen molar-refractivity contribution in [3.05, 3.63) is 28.8 Å². The standard InChI is InChI=1S/C8H7ClO3/c9-7-2-1-3-8(12-5-11)6(7)4-10/h1-4,11H,5H2. The highest BCUT2D eigenvalue weighted by atomic mass is 35.5. The zero-order valence-corrected chi connectivity index (χ0v) is 6.91. The van der Waals surface area contributed by atoms with Crippen LogP contribution < -0.4 is 4.74 Å². The van der Waals surface area contributed by atoms with Gasteiger partial charge in [0.05, 0.1) is 10.6 Å². The first-order valence-electron chi connectivity index (χ1n) is 3.27. The van der Waals surface area contributed by atoms with Crippen LogP contribution in [0.4, 0.5) is 0 Å². The highest BCUT2D eigenvalue weighted by Crippen LogP contribution is 2.23. The summed E-state index contributed by atoms with van der Waals surface area (Å²) in [6, 6.07) is 4.78. The summed E-state index contributed by atoms with van der Waals surface area (Å²) in [6.45, 7) is -0.471. The second-order valence-corrected chi connectivity index (χ2v) is 2.45. The molecule has 0 spiro atoms. The zero-order chi connectivity index (χ0) is 8.97. The molecule has 0 aliphatic heterocycles. The Hall–Kier alpha value is -1.06. The van der Waals surface area contributed by atoms with E-state index < -0.39 is 6.79 Å². The first-order valence-corrected chi connectivity index (χ1v) is 3.64. The van der Waals surface area contributed by atoms with E-state index in [4.69, 9.17) is 21.4 Å². The van der Waals surface area contributed by atoms with Gasteiger partial charge in [-0.25, -0.2) is 0 Å². The third-order valence-corrected chi connectivity index (χ3v) is 1.68. The number of halogens is 1. The molecule has 0 fully saturated rings.